The van der Waals surface area contributed by atoms with Crippen LogP contribution in [0.15, 0.2) is 46.9 Å². The number of hydrogen-bond donors (Lipinski definition) is 1. The molecule has 0 unspecified atom stereocenters. The lowest BCUT2D eigenvalue weighted by molar-refractivity contribution is -0.147. The summed E-state index contributed by atoms with van der Waals surface area (Å²) in [7, 11) is 0. The summed E-state index contributed by atoms with van der Waals surface area (Å²) in [6, 6.07) is 11.8. The number of carbonyl (C=O) groups excluding carboxylic acids is 4. The standard InChI is InChI=1S/C20H17BrN2O5/c1-2-12-9-13(21)7-8-16(12)22-17(24)11-28-18(25)10-23-19(26)14-5-3-4-6-15(14)20(23)27/h3-9H,2,10-11H2,1H3,(H,22,24). The molecule has 1 heterocycles. The Bertz CT molecular complexity index is 938. The zero-order valence-corrected chi connectivity index (χ0v) is 16.6. The molecular formula is C20H17BrN2O5. The van der Waals surface area contributed by atoms with Gasteiger partial charge in [-0.2, -0.15) is 0 Å². The molecule has 1 N–H and O–H groups in total. The maximum absolute atomic E-state index is 12.2. The van der Waals surface area contributed by atoms with Crippen LogP contribution in [0.4, 0.5) is 5.69 Å². The highest BCUT2D eigenvalue weighted by Gasteiger charge is 2.36. The smallest absolute Gasteiger partial charge is 0.326 e. The van der Waals surface area contributed by atoms with Gasteiger partial charge in [0.2, 0.25) is 0 Å². The van der Waals surface area contributed by atoms with Crippen LogP contribution in [-0.2, 0) is 20.7 Å². The molecule has 0 aromatic heterocycles. The van der Waals surface area contributed by atoms with E-state index in [2.05, 4.69) is 21.2 Å². The van der Waals surface area contributed by atoms with Gasteiger partial charge >= 0.3 is 5.97 Å². The molecule has 1 aliphatic heterocycles. The first-order valence-electron chi connectivity index (χ1n) is 8.59. The van der Waals surface area contributed by atoms with E-state index in [-0.39, 0.29) is 11.1 Å². The van der Waals surface area contributed by atoms with Gasteiger partial charge in [0.25, 0.3) is 17.7 Å². The van der Waals surface area contributed by atoms with E-state index in [0.717, 1.165) is 14.9 Å². The number of rotatable bonds is 6. The van der Waals surface area contributed by atoms with Crippen LogP contribution in [-0.4, -0.2) is 41.7 Å². The molecule has 7 nitrogen and oxygen atoms in total. The molecule has 2 aromatic rings. The Labute approximate surface area is 169 Å². The highest BCUT2D eigenvalue weighted by molar-refractivity contribution is 9.10. The Morgan fingerprint density at radius 2 is 1.71 bits per heavy atom. The van der Waals surface area contributed by atoms with Gasteiger partial charge in [0.1, 0.15) is 6.54 Å². The number of nitrogens with one attached hydrogen (secondary N) is 1. The van der Waals surface area contributed by atoms with E-state index >= 15 is 0 Å². The van der Waals surface area contributed by atoms with E-state index in [1.807, 2.05) is 13.0 Å². The summed E-state index contributed by atoms with van der Waals surface area (Å²) in [6.45, 7) is 0.902. The fourth-order valence-corrected chi connectivity index (χ4v) is 3.28. The topological polar surface area (TPSA) is 92.8 Å². The van der Waals surface area contributed by atoms with Crippen LogP contribution in [0.3, 0.4) is 0 Å². The average Bonchev–Trinajstić information content (AvgIpc) is 2.93. The van der Waals surface area contributed by atoms with Gasteiger partial charge in [-0.1, -0.05) is 35.0 Å². The number of esters is 1. The van der Waals surface area contributed by atoms with Crippen molar-refractivity contribution in [1.82, 2.24) is 4.90 Å². The summed E-state index contributed by atoms with van der Waals surface area (Å²) in [6.07, 6.45) is 0.717. The van der Waals surface area contributed by atoms with E-state index in [1.54, 1.807) is 24.3 Å². The predicted molar refractivity (Wildman–Crippen MR) is 105 cm³/mol. The van der Waals surface area contributed by atoms with Gasteiger partial charge in [0.05, 0.1) is 11.1 Å². The molecule has 28 heavy (non-hydrogen) atoms. The van der Waals surface area contributed by atoms with E-state index < -0.39 is 36.8 Å². The second-order valence-corrected chi connectivity index (χ2v) is 7.02. The minimum Gasteiger partial charge on any atom is -0.454 e. The molecule has 8 heteroatoms. The van der Waals surface area contributed by atoms with Crippen molar-refractivity contribution in [2.24, 2.45) is 0 Å². The van der Waals surface area contributed by atoms with Crippen molar-refractivity contribution in [3.8, 4) is 0 Å². The van der Waals surface area contributed by atoms with Crippen LogP contribution >= 0.6 is 15.9 Å². The molecule has 0 fully saturated rings. The van der Waals surface area contributed by atoms with Crippen molar-refractivity contribution in [2.45, 2.75) is 13.3 Å². The van der Waals surface area contributed by atoms with Crippen LogP contribution in [0.2, 0.25) is 0 Å². The number of benzene rings is 2. The van der Waals surface area contributed by atoms with Crippen LogP contribution in [0.1, 0.15) is 33.2 Å². The van der Waals surface area contributed by atoms with Gasteiger partial charge < -0.3 is 10.1 Å². The van der Waals surface area contributed by atoms with Gasteiger partial charge in [-0.3, -0.25) is 24.1 Å². The van der Waals surface area contributed by atoms with Crippen molar-refractivity contribution in [1.29, 1.82) is 0 Å². The van der Waals surface area contributed by atoms with Crippen LogP contribution in [0.5, 0.6) is 0 Å². The molecule has 3 amide bonds. The van der Waals surface area contributed by atoms with Crippen LogP contribution in [0, 0.1) is 0 Å². The molecule has 1 aliphatic rings. The van der Waals surface area contributed by atoms with Gasteiger partial charge in [0, 0.05) is 10.2 Å². The number of hydrogen-bond acceptors (Lipinski definition) is 5. The minimum absolute atomic E-state index is 0.250. The van der Waals surface area contributed by atoms with E-state index in [0.29, 0.717) is 12.1 Å². The summed E-state index contributed by atoms with van der Waals surface area (Å²) in [5, 5.41) is 2.68. The van der Waals surface area contributed by atoms with Gasteiger partial charge in [-0.25, -0.2) is 0 Å². The first kappa shape index (κ1) is 19.8. The van der Waals surface area contributed by atoms with E-state index in [1.165, 1.54) is 12.1 Å². The van der Waals surface area contributed by atoms with Crippen LogP contribution in [0.25, 0.3) is 0 Å². The van der Waals surface area contributed by atoms with Crippen molar-refractivity contribution < 1.29 is 23.9 Å². The third kappa shape index (κ3) is 4.12. The molecule has 144 valence electrons. The third-order valence-electron chi connectivity index (χ3n) is 4.25. The third-order valence-corrected chi connectivity index (χ3v) is 4.75. The molecule has 0 atom stereocenters. The average molecular weight is 445 g/mol. The zero-order chi connectivity index (χ0) is 20.3. The first-order valence-corrected chi connectivity index (χ1v) is 9.39. The summed E-state index contributed by atoms with van der Waals surface area (Å²) in [5.41, 5.74) is 2.06. The summed E-state index contributed by atoms with van der Waals surface area (Å²) >= 11 is 3.37. The molecule has 2 aromatic carbocycles. The summed E-state index contributed by atoms with van der Waals surface area (Å²) in [4.78, 5) is 49.4. The predicted octanol–water partition coefficient (Wildman–Crippen LogP) is 2.79. The fraction of sp³-hybridized carbons (Fsp3) is 0.200. The van der Waals surface area contributed by atoms with Gasteiger partial charge in [0.15, 0.2) is 6.61 Å². The molecule has 3 rings (SSSR count). The maximum Gasteiger partial charge on any atom is 0.326 e. The summed E-state index contributed by atoms with van der Waals surface area (Å²) < 4.78 is 5.82. The highest BCUT2D eigenvalue weighted by Crippen LogP contribution is 2.23. The van der Waals surface area contributed by atoms with Gasteiger partial charge in [-0.15, -0.1) is 0 Å². The number of carbonyl (C=O) groups is 4. The minimum atomic E-state index is -0.837. The first-order chi connectivity index (χ1) is 13.4. The molecule has 0 spiro atoms. The Morgan fingerprint density at radius 3 is 2.32 bits per heavy atom. The number of anilines is 1. The zero-order valence-electron chi connectivity index (χ0n) is 15.0. The second kappa shape index (κ2) is 8.35. The van der Waals surface area contributed by atoms with E-state index in [4.69, 9.17) is 4.74 Å². The lowest BCUT2D eigenvalue weighted by atomic mass is 10.1. The van der Waals surface area contributed by atoms with E-state index in [9.17, 15) is 19.2 Å². The molecule has 0 bridgehead atoms. The van der Waals surface area contributed by atoms with Crippen molar-refractivity contribution in [2.75, 3.05) is 18.5 Å². The second-order valence-electron chi connectivity index (χ2n) is 6.11. The fourth-order valence-electron chi connectivity index (χ4n) is 2.87. The van der Waals surface area contributed by atoms with Gasteiger partial charge in [-0.05, 0) is 42.3 Å². The molecule has 0 saturated heterocycles. The SMILES string of the molecule is CCc1cc(Br)ccc1NC(=O)COC(=O)CN1C(=O)c2ccccc2C1=O. The molecule has 0 radical (unpaired) electrons. The van der Waals surface area contributed by atoms with Crippen LogP contribution < -0.4 is 5.32 Å². The molecule has 0 aliphatic carbocycles. The number of ether oxygens (including phenoxy) is 1. The normalized spacial score (nSPS) is 12.7. The Hall–Kier alpha value is -3.00. The van der Waals surface area contributed by atoms with Crippen molar-refractivity contribution >= 4 is 45.3 Å². The molecule has 0 saturated carbocycles. The monoisotopic (exact) mass is 444 g/mol. The molecular weight excluding hydrogens is 428 g/mol. The Morgan fingerprint density at radius 1 is 1.07 bits per heavy atom. The lowest BCUT2D eigenvalue weighted by Crippen LogP contribution is -2.36. The largest absolute Gasteiger partial charge is 0.454 e. The summed E-state index contributed by atoms with van der Waals surface area (Å²) in [5.74, 6) is -2.45. The quantitative estimate of drug-likeness (QED) is 0.546. The lowest BCUT2D eigenvalue weighted by Gasteiger charge is -2.13. The highest BCUT2D eigenvalue weighted by atomic mass is 79.9. The number of fused-ring (bicyclic) bond motifs is 1. The number of imide groups is 1. The number of amides is 3. The number of aryl methyl sites for hydroxylation is 1. The Balaban J connectivity index is 1.54. The Kier molecular flexibility index (Phi) is 5.89. The number of nitrogens with zero attached hydrogens (tertiary/aromatic N) is 1. The number of halogens is 1. The van der Waals surface area contributed by atoms with Crippen molar-refractivity contribution in [3.05, 3.63) is 63.6 Å². The van der Waals surface area contributed by atoms with Crippen molar-refractivity contribution in [3.63, 3.8) is 0 Å². The maximum atomic E-state index is 12.2.